The van der Waals surface area contributed by atoms with Gasteiger partial charge in [-0.2, -0.15) is 0 Å². The summed E-state index contributed by atoms with van der Waals surface area (Å²) in [6, 6.07) is 0.406. The largest absolute Gasteiger partial charge is 0.327 e. The predicted molar refractivity (Wildman–Crippen MR) is 95.3 cm³/mol. The van der Waals surface area contributed by atoms with Crippen molar-refractivity contribution in [2.45, 2.75) is 44.9 Å². The summed E-state index contributed by atoms with van der Waals surface area (Å²) >= 11 is 0. The zero-order valence-electron chi connectivity index (χ0n) is 14.6. The van der Waals surface area contributed by atoms with E-state index in [0.29, 0.717) is 11.7 Å². The lowest BCUT2D eigenvalue weighted by atomic mass is 9.98. The van der Waals surface area contributed by atoms with Crippen molar-refractivity contribution in [1.29, 1.82) is 0 Å². The number of alkyl halides is 1. The third-order valence-electron chi connectivity index (χ3n) is 5.63. The van der Waals surface area contributed by atoms with Crippen molar-refractivity contribution in [2.24, 2.45) is 0 Å². The Labute approximate surface area is 151 Å². The summed E-state index contributed by atoms with van der Waals surface area (Å²) in [6.07, 6.45) is 10.9. The second-order valence-electron chi connectivity index (χ2n) is 7.07. The van der Waals surface area contributed by atoms with Crippen molar-refractivity contribution in [3.8, 4) is 0 Å². The zero-order valence-corrected chi connectivity index (χ0v) is 14.6. The Morgan fingerprint density at radius 2 is 2.08 bits per heavy atom. The standard InChI is InChI=1S/C19H21FN6/c20-10-14-12-23-19-18(24-14)17-15-2-1-7-25(15)8-4-16(17)26(19)9-3-13-11-21-5-6-22-13/h5-6,11-12,15H,1-4,7-10H2. The van der Waals surface area contributed by atoms with E-state index >= 15 is 0 Å². The molecule has 0 aliphatic carbocycles. The van der Waals surface area contributed by atoms with Crippen LogP contribution in [0.3, 0.4) is 0 Å². The molecule has 2 aliphatic heterocycles. The van der Waals surface area contributed by atoms with Crippen LogP contribution in [0.2, 0.25) is 0 Å². The van der Waals surface area contributed by atoms with Crippen molar-refractivity contribution in [3.05, 3.63) is 47.4 Å². The molecule has 7 heteroatoms. The van der Waals surface area contributed by atoms with E-state index in [0.717, 1.165) is 55.8 Å². The highest BCUT2D eigenvalue weighted by atomic mass is 19.1. The second kappa shape index (κ2) is 6.39. The van der Waals surface area contributed by atoms with Crippen LogP contribution in [0.1, 0.15) is 41.5 Å². The van der Waals surface area contributed by atoms with Crippen molar-refractivity contribution >= 4 is 11.2 Å². The first-order valence-corrected chi connectivity index (χ1v) is 9.27. The zero-order chi connectivity index (χ0) is 17.5. The second-order valence-corrected chi connectivity index (χ2v) is 7.07. The number of hydrogen-bond donors (Lipinski definition) is 0. The van der Waals surface area contributed by atoms with Crippen molar-refractivity contribution in [1.82, 2.24) is 29.4 Å². The van der Waals surface area contributed by atoms with Gasteiger partial charge in [-0.1, -0.05) is 0 Å². The SMILES string of the molecule is FCc1cnc2c(n1)c1c(n2CCc2cnccn2)CCN2CCCC12. The maximum atomic E-state index is 13.2. The summed E-state index contributed by atoms with van der Waals surface area (Å²) in [4.78, 5) is 20.3. The van der Waals surface area contributed by atoms with Gasteiger partial charge in [-0.15, -0.1) is 0 Å². The number of aryl methyl sites for hydroxylation is 2. The Morgan fingerprint density at radius 1 is 1.12 bits per heavy atom. The third kappa shape index (κ3) is 2.49. The molecule has 1 fully saturated rings. The van der Waals surface area contributed by atoms with Crippen LogP contribution in [0.5, 0.6) is 0 Å². The molecule has 5 heterocycles. The van der Waals surface area contributed by atoms with Crippen LogP contribution in [0.4, 0.5) is 4.39 Å². The van der Waals surface area contributed by atoms with Gasteiger partial charge >= 0.3 is 0 Å². The summed E-state index contributed by atoms with van der Waals surface area (Å²) < 4.78 is 15.5. The van der Waals surface area contributed by atoms with E-state index in [1.807, 2.05) is 6.20 Å². The molecule has 1 saturated heterocycles. The summed E-state index contributed by atoms with van der Waals surface area (Å²) in [5.74, 6) is 0. The Hall–Kier alpha value is -2.41. The molecule has 1 unspecified atom stereocenters. The van der Waals surface area contributed by atoms with E-state index in [9.17, 15) is 4.39 Å². The third-order valence-corrected chi connectivity index (χ3v) is 5.63. The van der Waals surface area contributed by atoms with Gasteiger partial charge in [0.05, 0.1) is 17.6 Å². The molecule has 0 bridgehead atoms. The minimum atomic E-state index is -0.573. The molecule has 0 saturated carbocycles. The summed E-state index contributed by atoms with van der Waals surface area (Å²) in [5.41, 5.74) is 5.76. The molecule has 26 heavy (non-hydrogen) atoms. The Morgan fingerprint density at radius 3 is 2.92 bits per heavy atom. The highest BCUT2D eigenvalue weighted by Gasteiger charge is 2.36. The van der Waals surface area contributed by atoms with Crippen LogP contribution in [-0.2, 0) is 26.1 Å². The van der Waals surface area contributed by atoms with Gasteiger partial charge in [0.2, 0.25) is 0 Å². The number of fused-ring (bicyclic) bond motifs is 5. The predicted octanol–water partition coefficient (Wildman–Crippen LogP) is 2.63. The van der Waals surface area contributed by atoms with Gasteiger partial charge < -0.3 is 4.57 Å². The lowest BCUT2D eigenvalue weighted by Crippen LogP contribution is -2.31. The normalized spacial score (nSPS) is 19.7. The minimum Gasteiger partial charge on any atom is -0.327 e. The van der Waals surface area contributed by atoms with Gasteiger partial charge in [-0.05, 0) is 19.4 Å². The van der Waals surface area contributed by atoms with Crippen LogP contribution >= 0.6 is 0 Å². The Balaban J connectivity index is 1.61. The molecule has 0 amide bonds. The molecule has 3 aromatic rings. The summed E-state index contributed by atoms with van der Waals surface area (Å²) in [6.45, 7) is 2.44. The van der Waals surface area contributed by atoms with Crippen LogP contribution in [0, 0.1) is 0 Å². The highest BCUT2D eigenvalue weighted by Crippen LogP contribution is 2.42. The molecule has 1 atom stereocenters. The van der Waals surface area contributed by atoms with E-state index in [1.54, 1.807) is 18.6 Å². The minimum absolute atomic E-state index is 0.406. The highest BCUT2D eigenvalue weighted by molar-refractivity contribution is 5.79. The average molecular weight is 352 g/mol. The fourth-order valence-corrected chi connectivity index (χ4v) is 4.49. The number of nitrogens with zero attached hydrogens (tertiary/aromatic N) is 6. The van der Waals surface area contributed by atoms with Gasteiger partial charge in [0.25, 0.3) is 0 Å². The smallest absolute Gasteiger partial charge is 0.159 e. The lowest BCUT2D eigenvalue weighted by Gasteiger charge is -2.30. The first kappa shape index (κ1) is 15.8. The van der Waals surface area contributed by atoms with Gasteiger partial charge in [-0.25, -0.2) is 14.4 Å². The number of rotatable bonds is 4. The molecule has 6 nitrogen and oxygen atoms in total. The van der Waals surface area contributed by atoms with Crippen LogP contribution in [0.15, 0.2) is 24.8 Å². The molecular formula is C19H21FN6. The topological polar surface area (TPSA) is 59.7 Å². The summed E-state index contributed by atoms with van der Waals surface area (Å²) in [7, 11) is 0. The number of hydrogen-bond acceptors (Lipinski definition) is 5. The fraction of sp³-hybridized carbons (Fsp3) is 0.474. The molecule has 3 aromatic heterocycles. The Kier molecular flexibility index (Phi) is 3.89. The van der Waals surface area contributed by atoms with E-state index in [1.165, 1.54) is 17.7 Å². The van der Waals surface area contributed by atoms with Crippen LogP contribution < -0.4 is 0 Å². The average Bonchev–Trinajstić information content (AvgIpc) is 3.28. The molecular weight excluding hydrogens is 331 g/mol. The van der Waals surface area contributed by atoms with Crippen molar-refractivity contribution in [2.75, 3.05) is 13.1 Å². The van der Waals surface area contributed by atoms with Crippen LogP contribution in [-0.4, -0.2) is 42.5 Å². The molecule has 5 rings (SSSR count). The monoisotopic (exact) mass is 352 g/mol. The fourth-order valence-electron chi connectivity index (χ4n) is 4.49. The van der Waals surface area contributed by atoms with Gasteiger partial charge in [-0.3, -0.25) is 14.9 Å². The van der Waals surface area contributed by atoms with E-state index < -0.39 is 6.67 Å². The maximum Gasteiger partial charge on any atom is 0.159 e. The van der Waals surface area contributed by atoms with Crippen molar-refractivity contribution < 1.29 is 4.39 Å². The van der Waals surface area contributed by atoms with Gasteiger partial charge in [0, 0.05) is 61.8 Å². The molecule has 0 radical (unpaired) electrons. The van der Waals surface area contributed by atoms with Crippen LogP contribution in [0.25, 0.3) is 11.2 Å². The summed E-state index contributed by atoms with van der Waals surface area (Å²) in [5, 5.41) is 0. The number of halogens is 1. The maximum absolute atomic E-state index is 13.2. The quantitative estimate of drug-likeness (QED) is 0.722. The molecule has 2 aliphatic rings. The van der Waals surface area contributed by atoms with Gasteiger partial charge in [0.1, 0.15) is 12.2 Å². The van der Waals surface area contributed by atoms with E-state index in [2.05, 4.69) is 29.4 Å². The van der Waals surface area contributed by atoms with Gasteiger partial charge in [0.15, 0.2) is 5.65 Å². The number of aromatic nitrogens is 5. The lowest BCUT2D eigenvalue weighted by molar-refractivity contribution is 0.241. The molecule has 134 valence electrons. The molecule has 0 spiro atoms. The van der Waals surface area contributed by atoms with E-state index in [-0.39, 0.29) is 0 Å². The first-order valence-electron chi connectivity index (χ1n) is 9.27. The van der Waals surface area contributed by atoms with Crippen molar-refractivity contribution in [3.63, 3.8) is 0 Å². The van der Waals surface area contributed by atoms with E-state index in [4.69, 9.17) is 0 Å². The molecule has 0 N–H and O–H groups in total. The Bertz CT molecular complexity index is 938. The first-order chi connectivity index (χ1) is 12.8. The molecule has 0 aromatic carbocycles.